The van der Waals surface area contributed by atoms with E-state index in [1.165, 1.54) is 0 Å². The molecule has 0 saturated heterocycles. The Kier molecular flexibility index (Phi) is 4.41. The summed E-state index contributed by atoms with van der Waals surface area (Å²) in [5.41, 5.74) is 4.75. The van der Waals surface area contributed by atoms with Crippen LogP contribution in [0.3, 0.4) is 0 Å². The van der Waals surface area contributed by atoms with E-state index >= 15 is 0 Å². The van der Waals surface area contributed by atoms with Gasteiger partial charge in [0.15, 0.2) is 0 Å². The summed E-state index contributed by atoms with van der Waals surface area (Å²) < 4.78 is 0. The average Bonchev–Trinajstić information content (AvgIpc) is 2.26. The van der Waals surface area contributed by atoms with Crippen LogP contribution in [-0.2, 0) is 4.79 Å². The van der Waals surface area contributed by atoms with Crippen LogP contribution in [0.1, 0.15) is 23.7 Å². The number of carbonyl (C=O) groups is 2. The van der Waals surface area contributed by atoms with E-state index in [1.54, 1.807) is 6.92 Å². The Balaban J connectivity index is 3.07. The minimum absolute atomic E-state index is 0.0122. The zero-order valence-corrected chi connectivity index (χ0v) is 10.1. The van der Waals surface area contributed by atoms with Crippen molar-refractivity contribution >= 4 is 23.3 Å². The number of aromatic carboxylic acids is 1. The predicted octanol–water partition coefficient (Wildman–Crippen LogP) is 0.969. The summed E-state index contributed by atoms with van der Waals surface area (Å²) >= 11 is 0. The Labute approximate surface area is 108 Å². The van der Waals surface area contributed by atoms with Gasteiger partial charge in [0, 0.05) is 24.6 Å². The fraction of sp³-hybridized carbons (Fsp3) is 0.273. The predicted molar refractivity (Wildman–Crippen MR) is 67.0 cm³/mol. The summed E-state index contributed by atoms with van der Waals surface area (Å²) in [5.74, 6) is -1.77. The van der Waals surface area contributed by atoms with Crippen LogP contribution < -0.4 is 11.1 Å². The number of hydrogen-bond acceptors (Lipinski definition) is 5. The maximum Gasteiger partial charge on any atom is 0.337 e. The van der Waals surface area contributed by atoms with Crippen molar-refractivity contribution in [2.75, 3.05) is 5.32 Å². The highest BCUT2D eigenvalue weighted by Gasteiger charge is 2.17. The number of nitrogens with two attached hydrogens (primary N) is 1. The minimum Gasteiger partial charge on any atom is -0.478 e. The summed E-state index contributed by atoms with van der Waals surface area (Å²) in [6.45, 7) is 1.62. The molecule has 0 aromatic heterocycles. The Morgan fingerprint density at radius 2 is 2.16 bits per heavy atom. The van der Waals surface area contributed by atoms with E-state index in [1.807, 2.05) is 0 Å². The SMILES string of the molecule is CC(CC(N)=O)Nc1cc([N+](=O)[O-])ccc1C(=O)O. The van der Waals surface area contributed by atoms with E-state index in [0.717, 1.165) is 18.2 Å². The molecule has 1 aromatic carbocycles. The van der Waals surface area contributed by atoms with Gasteiger partial charge < -0.3 is 16.2 Å². The van der Waals surface area contributed by atoms with Gasteiger partial charge in [0.05, 0.1) is 16.2 Å². The molecular weight excluding hydrogens is 254 g/mol. The third-order valence-corrected chi connectivity index (χ3v) is 2.35. The third-order valence-electron chi connectivity index (χ3n) is 2.35. The standard InChI is InChI=1S/C11H13N3O5/c1-6(4-10(12)15)13-9-5-7(14(18)19)2-3-8(9)11(16)17/h2-3,5-6,13H,4H2,1H3,(H2,12,15)(H,16,17). The molecule has 1 unspecified atom stereocenters. The molecule has 0 aliphatic carbocycles. The van der Waals surface area contributed by atoms with Crippen LogP contribution in [0.5, 0.6) is 0 Å². The summed E-state index contributed by atoms with van der Waals surface area (Å²) in [7, 11) is 0. The van der Waals surface area contributed by atoms with Crippen molar-refractivity contribution < 1.29 is 19.6 Å². The van der Waals surface area contributed by atoms with Crippen molar-refractivity contribution in [3.05, 3.63) is 33.9 Å². The van der Waals surface area contributed by atoms with Crippen molar-refractivity contribution in [3.63, 3.8) is 0 Å². The molecule has 1 atom stereocenters. The van der Waals surface area contributed by atoms with E-state index in [4.69, 9.17) is 10.8 Å². The van der Waals surface area contributed by atoms with Crippen LogP contribution in [0.25, 0.3) is 0 Å². The van der Waals surface area contributed by atoms with Crippen molar-refractivity contribution in [2.24, 2.45) is 5.73 Å². The lowest BCUT2D eigenvalue weighted by Gasteiger charge is -2.15. The Morgan fingerprint density at radius 1 is 1.53 bits per heavy atom. The average molecular weight is 267 g/mol. The second kappa shape index (κ2) is 5.80. The van der Waals surface area contributed by atoms with Gasteiger partial charge in [-0.1, -0.05) is 0 Å². The van der Waals surface area contributed by atoms with E-state index in [-0.39, 0.29) is 23.4 Å². The zero-order chi connectivity index (χ0) is 14.6. The number of carbonyl (C=O) groups excluding carboxylic acids is 1. The summed E-state index contributed by atoms with van der Waals surface area (Å²) in [4.78, 5) is 31.8. The van der Waals surface area contributed by atoms with Gasteiger partial charge in [-0.25, -0.2) is 4.79 Å². The number of hydrogen-bond donors (Lipinski definition) is 3. The highest BCUT2D eigenvalue weighted by Crippen LogP contribution is 2.23. The van der Waals surface area contributed by atoms with Gasteiger partial charge in [-0.05, 0) is 13.0 Å². The highest BCUT2D eigenvalue weighted by atomic mass is 16.6. The summed E-state index contributed by atoms with van der Waals surface area (Å²) in [6, 6.07) is 2.92. The van der Waals surface area contributed by atoms with Crippen LogP contribution in [0.4, 0.5) is 11.4 Å². The van der Waals surface area contributed by atoms with E-state index in [2.05, 4.69) is 5.32 Å². The number of anilines is 1. The first-order valence-electron chi connectivity index (χ1n) is 5.38. The number of non-ortho nitro benzene ring substituents is 1. The maximum atomic E-state index is 11.0. The minimum atomic E-state index is -1.22. The molecule has 0 fully saturated rings. The molecule has 19 heavy (non-hydrogen) atoms. The topological polar surface area (TPSA) is 136 Å². The van der Waals surface area contributed by atoms with Crippen LogP contribution >= 0.6 is 0 Å². The first kappa shape index (κ1) is 14.4. The fourth-order valence-corrected chi connectivity index (χ4v) is 1.57. The number of rotatable bonds is 6. The van der Waals surface area contributed by atoms with E-state index < -0.39 is 22.8 Å². The molecule has 8 nitrogen and oxygen atoms in total. The molecule has 0 aliphatic rings. The fourth-order valence-electron chi connectivity index (χ4n) is 1.57. The van der Waals surface area contributed by atoms with E-state index in [9.17, 15) is 19.7 Å². The molecule has 1 rings (SSSR count). The zero-order valence-electron chi connectivity index (χ0n) is 10.1. The lowest BCUT2D eigenvalue weighted by Crippen LogP contribution is -2.24. The lowest BCUT2D eigenvalue weighted by atomic mass is 10.1. The summed E-state index contributed by atoms with van der Waals surface area (Å²) in [5, 5.41) is 22.4. The number of nitro groups is 1. The molecule has 8 heteroatoms. The van der Waals surface area contributed by atoms with Gasteiger partial charge in [-0.15, -0.1) is 0 Å². The molecule has 1 amide bonds. The van der Waals surface area contributed by atoms with Gasteiger partial charge in [0.25, 0.3) is 5.69 Å². The molecule has 0 radical (unpaired) electrons. The third kappa shape index (κ3) is 3.95. The number of amides is 1. The molecule has 102 valence electrons. The first-order chi connectivity index (χ1) is 8.81. The van der Waals surface area contributed by atoms with Gasteiger partial charge in [-0.2, -0.15) is 0 Å². The Hall–Kier alpha value is -2.64. The number of nitro benzene ring substituents is 1. The number of carboxylic acids is 1. The van der Waals surface area contributed by atoms with Crippen LogP contribution in [0.15, 0.2) is 18.2 Å². The Bertz CT molecular complexity index is 529. The molecule has 0 spiro atoms. The second-order valence-electron chi connectivity index (χ2n) is 4.01. The van der Waals surface area contributed by atoms with E-state index in [0.29, 0.717) is 0 Å². The normalized spacial score (nSPS) is 11.6. The molecule has 0 bridgehead atoms. The molecular formula is C11H13N3O5. The lowest BCUT2D eigenvalue weighted by molar-refractivity contribution is -0.384. The highest BCUT2D eigenvalue weighted by molar-refractivity contribution is 5.95. The molecule has 0 heterocycles. The van der Waals surface area contributed by atoms with Crippen LogP contribution in [-0.4, -0.2) is 27.9 Å². The van der Waals surface area contributed by atoms with Crippen molar-refractivity contribution in [1.82, 2.24) is 0 Å². The van der Waals surface area contributed by atoms with Gasteiger partial charge in [0.1, 0.15) is 0 Å². The largest absolute Gasteiger partial charge is 0.478 e. The molecule has 4 N–H and O–H groups in total. The van der Waals surface area contributed by atoms with Gasteiger partial charge >= 0.3 is 5.97 Å². The van der Waals surface area contributed by atoms with Crippen molar-refractivity contribution in [1.29, 1.82) is 0 Å². The number of benzene rings is 1. The second-order valence-corrected chi connectivity index (χ2v) is 4.01. The first-order valence-corrected chi connectivity index (χ1v) is 5.38. The quantitative estimate of drug-likeness (QED) is 0.519. The number of nitrogens with zero attached hydrogens (tertiary/aromatic N) is 1. The van der Waals surface area contributed by atoms with Crippen molar-refractivity contribution in [3.8, 4) is 0 Å². The monoisotopic (exact) mass is 267 g/mol. The van der Waals surface area contributed by atoms with Crippen LogP contribution in [0, 0.1) is 10.1 Å². The van der Waals surface area contributed by atoms with Gasteiger partial charge in [-0.3, -0.25) is 14.9 Å². The molecule has 0 aliphatic heterocycles. The molecule has 1 aromatic rings. The van der Waals surface area contributed by atoms with Gasteiger partial charge in [0.2, 0.25) is 5.91 Å². The Morgan fingerprint density at radius 3 is 2.63 bits per heavy atom. The number of carboxylic acid groups (broad SMARTS) is 1. The summed E-state index contributed by atoms with van der Waals surface area (Å²) in [6.07, 6.45) is -0.0122. The molecule has 0 saturated carbocycles. The smallest absolute Gasteiger partial charge is 0.337 e. The maximum absolute atomic E-state index is 11.0. The number of primary amides is 1. The van der Waals surface area contributed by atoms with Crippen molar-refractivity contribution in [2.45, 2.75) is 19.4 Å². The number of nitrogens with one attached hydrogen (secondary N) is 1. The van der Waals surface area contributed by atoms with Crippen LogP contribution in [0.2, 0.25) is 0 Å².